The van der Waals surface area contributed by atoms with Crippen molar-refractivity contribution in [2.24, 2.45) is 0 Å². The summed E-state index contributed by atoms with van der Waals surface area (Å²) >= 11 is 0. The van der Waals surface area contributed by atoms with E-state index in [4.69, 9.17) is 0 Å². The molecule has 18 heavy (non-hydrogen) atoms. The molecule has 3 nitrogen and oxygen atoms in total. The van der Waals surface area contributed by atoms with Crippen molar-refractivity contribution in [2.45, 2.75) is 46.1 Å². The lowest BCUT2D eigenvalue weighted by Crippen LogP contribution is -2.29. The van der Waals surface area contributed by atoms with Gasteiger partial charge in [0.25, 0.3) is 0 Å². The number of anilines is 1. The Morgan fingerprint density at radius 3 is 2.67 bits per heavy atom. The molecule has 1 atom stereocenters. The molecule has 0 unspecified atom stereocenters. The van der Waals surface area contributed by atoms with Gasteiger partial charge in [0.15, 0.2) is 0 Å². The molecule has 0 radical (unpaired) electrons. The molecule has 3 heteroatoms. The molecule has 1 amide bonds. The van der Waals surface area contributed by atoms with Crippen LogP contribution in [-0.2, 0) is 11.2 Å². The Balaban J connectivity index is 2.40. The summed E-state index contributed by atoms with van der Waals surface area (Å²) in [5.74, 6) is 0.0757. The van der Waals surface area contributed by atoms with Crippen molar-refractivity contribution in [3.8, 4) is 0 Å². The van der Waals surface area contributed by atoms with E-state index in [1.165, 1.54) is 5.56 Å². The first-order valence-electron chi connectivity index (χ1n) is 6.78. The molecule has 0 saturated carbocycles. The van der Waals surface area contributed by atoms with Crippen LogP contribution in [-0.4, -0.2) is 18.5 Å². The van der Waals surface area contributed by atoms with Crippen LogP contribution < -0.4 is 10.6 Å². The van der Waals surface area contributed by atoms with Gasteiger partial charge in [0, 0.05) is 24.7 Å². The third-order valence-electron chi connectivity index (χ3n) is 3.13. The molecular formula is C15H24N2O. The number of hydrogen-bond acceptors (Lipinski definition) is 2. The van der Waals surface area contributed by atoms with E-state index in [0.717, 1.165) is 25.1 Å². The Kier molecular flexibility index (Phi) is 6.44. The van der Waals surface area contributed by atoms with Gasteiger partial charge in [0.1, 0.15) is 0 Å². The number of benzene rings is 1. The van der Waals surface area contributed by atoms with Crippen molar-refractivity contribution in [3.05, 3.63) is 29.8 Å². The highest BCUT2D eigenvalue weighted by Crippen LogP contribution is 2.15. The minimum Gasteiger partial charge on any atom is -0.326 e. The standard InChI is InChI=1S/C15H24N2O/c1-4-12(3)16-11-10-15(18)17-14-9-7-6-8-13(14)5-2/h6-9,12,16H,4-5,10-11H2,1-3H3,(H,17,18)/t12-/m1/s1. The second-order valence-corrected chi connectivity index (χ2v) is 4.57. The van der Waals surface area contributed by atoms with Crippen LogP contribution in [0.2, 0.25) is 0 Å². The van der Waals surface area contributed by atoms with Crippen LogP contribution in [0.25, 0.3) is 0 Å². The Hall–Kier alpha value is -1.35. The lowest BCUT2D eigenvalue weighted by Gasteiger charge is -2.12. The van der Waals surface area contributed by atoms with Crippen molar-refractivity contribution < 1.29 is 4.79 Å². The first-order chi connectivity index (χ1) is 8.67. The topological polar surface area (TPSA) is 41.1 Å². The van der Waals surface area contributed by atoms with Gasteiger partial charge in [-0.3, -0.25) is 4.79 Å². The molecule has 0 aliphatic rings. The summed E-state index contributed by atoms with van der Waals surface area (Å²) in [5, 5.41) is 6.29. The number of carbonyl (C=O) groups excluding carboxylic acids is 1. The maximum atomic E-state index is 11.8. The van der Waals surface area contributed by atoms with E-state index in [9.17, 15) is 4.79 Å². The number of hydrogen-bond donors (Lipinski definition) is 2. The predicted octanol–water partition coefficient (Wildman–Crippen LogP) is 2.97. The van der Waals surface area contributed by atoms with Gasteiger partial charge >= 0.3 is 0 Å². The number of rotatable bonds is 7. The molecule has 0 heterocycles. The quantitative estimate of drug-likeness (QED) is 0.779. The molecule has 100 valence electrons. The van der Waals surface area contributed by atoms with Gasteiger partial charge in [-0.25, -0.2) is 0 Å². The fourth-order valence-corrected chi connectivity index (χ4v) is 1.74. The van der Waals surface area contributed by atoms with Gasteiger partial charge in [-0.2, -0.15) is 0 Å². The Morgan fingerprint density at radius 2 is 2.00 bits per heavy atom. The SMILES string of the molecule is CCc1ccccc1NC(=O)CCN[C@H](C)CC. The van der Waals surface area contributed by atoms with Crippen LogP contribution in [0, 0.1) is 0 Å². The molecule has 1 rings (SSSR count). The molecule has 0 aliphatic heterocycles. The van der Waals surface area contributed by atoms with Crippen LogP contribution in [0.1, 0.15) is 39.2 Å². The Labute approximate surface area is 110 Å². The lowest BCUT2D eigenvalue weighted by atomic mass is 10.1. The van der Waals surface area contributed by atoms with E-state index in [1.54, 1.807) is 0 Å². The van der Waals surface area contributed by atoms with E-state index in [-0.39, 0.29) is 5.91 Å². The predicted molar refractivity (Wildman–Crippen MR) is 76.8 cm³/mol. The molecule has 0 bridgehead atoms. The summed E-state index contributed by atoms with van der Waals surface area (Å²) in [6.45, 7) is 7.09. The summed E-state index contributed by atoms with van der Waals surface area (Å²) in [6, 6.07) is 8.43. The van der Waals surface area contributed by atoms with Crippen LogP contribution in [0.4, 0.5) is 5.69 Å². The first-order valence-corrected chi connectivity index (χ1v) is 6.78. The van der Waals surface area contributed by atoms with Gasteiger partial charge in [-0.1, -0.05) is 32.0 Å². The number of para-hydroxylation sites is 1. The first kappa shape index (κ1) is 14.7. The number of aryl methyl sites for hydroxylation is 1. The maximum Gasteiger partial charge on any atom is 0.225 e. The highest BCUT2D eigenvalue weighted by molar-refractivity contribution is 5.91. The second-order valence-electron chi connectivity index (χ2n) is 4.57. The van der Waals surface area contributed by atoms with Gasteiger partial charge in [0.2, 0.25) is 5.91 Å². The van der Waals surface area contributed by atoms with Crippen molar-refractivity contribution >= 4 is 11.6 Å². The monoisotopic (exact) mass is 248 g/mol. The molecule has 0 aliphatic carbocycles. The zero-order valence-electron chi connectivity index (χ0n) is 11.6. The van der Waals surface area contributed by atoms with Crippen LogP contribution >= 0.6 is 0 Å². The van der Waals surface area contributed by atoms with Gasteiger partial charge in [-0.05, 0) is 31.4 Å². The molecular weight excluding hydrogens is 224 g/mol. The summed E-state index contributed by atoms with van der Waals surface area (Å²) in [7, 11) is 0. The van der Waals surface area contributed by atoms with E-state index in [0.29, 0.717) is 12.5 Å². The summed E-state index contributed by atoms with van der Waals surface area (Å²) in [4.78, 5) is 11.8. The minimum absolute atomic E-state index is 0.0757. The average molecular weight is 248 g/mol. The summed E-state index contributed by atoms with van der Waals surface area (Å²) < 4.78 is 0. The minimum atomic E-state index is 0.0757. The van der Waals surface area contributed by atoms with E-state index in [2.05, 4.69) is 31.4 Å². The summed E-state index contributed by atoms with van der Waals surface area (Å²) in [6.07, 6.45) is 2.53. The van der Waals surface area contributed by atoms with Crippen molar-refractivity contribution in [1.82, 2.24) is 5.32 Å². The Bertz CT molecular complexity index is 377. The summed E-state index contributed by atoms with van der Waals surface area (Å²) in [5.41, 5.74) is 2.12. The van der Waals surface area contributed by atoms with Crippen LogP contribution in [0.15, 0.2) is 24.3 Å². The zero-order chi connectivity index (χ0) is 13.4. The maximum absolute atomic E-state index is 11.8. The molecule has 1 aromatic rings. The molecule has 0 saturated heterocycles. The van der Waals surface area contributed by atoms with Crippen molar-refractivity contribution in [1.29, 1.82) is 0 Å². The molecule has 0 aromatic heterocycles. The highest BCUT2D eigenvalue weighted by atomic mass is 16.1. The zero-order valence-corrected chi connectivity index (χ0v) is 11.6. The molecule has 2 N–H and O–H groups in total. The van der Waals surface area contributed by atoms with Gasteiger partial charge < -0.3 is 10.6 Å². The normalized spacial score (nSPS) is 12.2. The number of carbonyl (C=O) groups is 1. The molecule has 1 aromatic carbocycles. The second kappa shape index (κ2) is 7.88. The number of amides is 1. The largest absolute Gasteiger partial charge is 0.326 e. The highest BCUT2D eigenvalue weighted by Gasteiger charge is 2.05. The van der Waals surface area contributed by atoms with E-state index < -0.39 is 0 Å². The van der Waals surface area contributed by atoms with Crippen molar-refractivity contribution in [3.63, 3.8) is 0 Å². The van der Waals surface area contributed by atoms with Crippen LogP contribution in [0.3, 0.4) is 0 Å². The van der Waals surface area contributed by atoms with E-state index >= 15 is 0 Å². The average Bonchev–Trinajstić information content (AvgIpc) is 2.39. The number of nitrogens with one attached hydrogen (secondary N) is 2. The lowest BCUT2D eigenvalue weighted by molar-refractivity contribution is -0.116. The van der Waals surface area contributed by atoms with Gasteiger partial charge in [0.05, 0.1) is 0 Å². The van der Waals surface area contributed by atoms with Crippen LogP contribution in [0.5, 0.6) is 0 Å². The van der Waals surface area contributed by atoms with Crippen molar-refractivity contribution in [2.75, 3.05) is 11.9 Å². The third-order valence-corrected chi connectivity index (χ3v) is 3.13. The third kappa shape index (κ3) is 4.88. The van der Waals surface area contributed by atoms with Gasteiger partial charge in [-0.15, -0.1) is 0 Å². The molecule has 0 fully saturated rings. The smallest absolute Gasteiger partial charge is 0.225 e. The fraction of sp³-hybridized carbons (Fsp3) is 0.533. The molecule has 0 spiro atoms. The van der Waals surface area contributed by atoms with E-state index in [1.807, 2.05) is 24.3 Å². The Morgan fingerprint density at radius 1 is 1.28 bits per heavy atom. The fourth-order valence-electron chi connectivity index (χ4n) is 1.74.